The first kappa shape index (κ1) is 29.5. The number of hydrogen-bond donors (Lipinski definition) is 1. The van der Waals surface area contributed by atoms with Gasteiger partial charge in [0.25, 0.3) is 17.6 Å². The Morgan fingerprint density at radius 3 is 2.40 bits per heavy atom. The monoisotopic (exact) mass is 608 g/mol. The first-order valence-electron chi connectivity index (χ1n) is 14.8. The maximum Gasteiger partial charge on any atom is 0.296 e. The van der Waals surface area contributed by atoms with Crippen LogP contribution in [0.3, 0.4) is 0 Å². The average molecular weight is 609 g/mol. The maximum atomic E-state index is 14.2. The summed E-state index contributed by atoms with van der Waals surface area (Å²) in [7, 11) is -2.27. The number of anilines is 1. The van der Waals surface area contributed by atoms with E-state index in [0.717, 1.165) is 32.4 Å². The Labute approximate surface area is 251 Å². The highest BCUT2D eigenvalue weighted by Gasteiger charge is 2.66. The SMILES string of the molecule is CN1C(=O)C2(/C(=C(/O)c3cccc(S(=O)(=O)N4CCCCC4)c3)C(=O)C(=O)N2CCCN2CCOCC2)c2ccccc21. The molecule has 228 valence electrons. The summed E-state index contributed by atoms with van der Waals surface area (Å²) in [5, 5.41) is 11.8. The van der Waals surface area contributed by atoms with Gasteiger partial charge in [-0.05, 0) is 37.5 Å². The molecule has 4 aliphatic rings. The molecule has 4 aliphatic heterocycles. The molecule has 0 saturated carbocycles. The number of ether oxygens (including phenoxy) is 1. The van der Waals surface area contributed by atoms with Crippen molar-refractivity contribution in [2.24, 2.45) is 0 Å². The summed E-state index contributed by atoms with van der Waals surface area (Å²) in [6, 6.07) is 12.7. The molecule has 0 radical (unpaired) electrons. The van der Waals surface area contributed by atoms with Crippen molar-refractivity contribution < 1.29 is 32.6 Å². The molecule has 43 heavy (non-hydrogen) atoms. The lowest BCUT2D eigenvalue weighted by Gasteiger charge is -2.35. The van der Waals surface area contributed by atoms with E-state index in [1.54, 1.807) is 31.3 Å². The van der Waals surface area contributed by atoms with E-state index in [-0.39, 0.29) is 22.6 Å². The van der Waals surface area contributed by atoms with Gasteiger partial charge in [0.05, 0.1) is 23.7 Å². The lowest BCUT2D eigenvalue weighted by atomic mass is 9.82. The van der Waals surface area contributed by atoms with Gasteiger partial charge < -0.3 is 19.6 Å². The van der Waals surface area contributed by atoms with Crippen LogP contribution in [0.5, 0.6) is 0 Å². The number of morpholine rings is 1. The highest BCUT2D eigenvalue weighted by Crippen LogP contribution is 2.53. The summed E-state index contributed by atoms with van der Waals surface area (Å²) in [5.41, 5.74) is -1.23. The Bertz CT molecular complexity index is 1590. The summed E-state index contributed by atoms with van der Waals surface area (Å²) in [4.78, 5) is 46.6. The van der Waals surface area contributed by atoms with Gasteiger partial charge in [-0.3, -0.25) is 19.3 Å². The van der Waals surface area contributed by atoms with E-state index in [2.05, 4.69) is 4.90 Å². The van der Waals surface area contributed by atoms with Gasteiger partial charge in [-0.25, -0.2) is 8.42 Å². The molecular weight excluding hydrogens is 572 g/mol. The van der Waals surface area contributed by atoms with Crippen molar-refractivity contribution in [1.29, 1.82) is 0 Å². The molecule has 1 spiro atoms. The second-order valence-corrected chi connectivity index (χ2v) is 13.3. The third-order valence-corrected chi connectivity index (χ3v) is 10.9. The first-order valence-corrected chi connectivity index (χ1v) is 16.2. The van der Waals surface area contributed by atoms with Crippen molar-refractivity contribution >= 4 is 39.1 Å². The van der Waals surface area contributed by atoms with Gasteiger partial charge in [0.2, 0.25) is 10.0 Å². The Kier molecular flexibility index (Phi) is 7.88. The van der Waals surface area contributed by atoms with Gasteiger partial charge >= 0.3 is 0 Å². The molecule has 12 heteroatoms. The zero-order valence-corrected chi connectivity index (χ0v) is 25.0. The van der Waals surface area contributed by atoms with Crippen LogP contribution in [0.1, 0.15) is 36.8 Å². The average Bonchev–Trinajstić information content (AvgIpc) is 3.40. The van der Waals surface area contributed by atoms with Crippen molar-refractivity contribution in [3.8, 4) is 0 Å². The minimum atomic E-state index is -3.85. The molecule has 2 aromatic carbocycles. The van der Waals surface area contributed by atoms with Gasteiger partial charge in [-0.2, -0.15) is 4.31 Å². The number of sulfonamides is 1. The van der Waals surface area contributed by atoms with E-state index < -0.39 is 38.9 Å². The number of carbonyl (C=O) groups excluding carboxylic acids is 3. The fourth-order valence-electron chi connectivity index (χ4n) is 6.75. The normalized spacial score (nSPS) is 24.7. The number of likely N-dealkylation sites (tertiary alicyclic amines) is 1. The van der Waals surface area contributed by atoms with E-state index in [4.69, 9.17) is 4.74 Å². The largest absolute Gasteiger partial charge is 0.507 e. The summed E-state index contributed by atoms with van der Waals surface area (Å²) in [5.74, 6) is -2.97. The fraction of sp³-hybridized carbons (Fsp3) is 0.452. The van der Waals surface area contributed by atoms with Crippen LogP contribution in [0.25, 0.3) is 5.76 Å². The van der Waals surface area contributed by atoms with Crippen LogP contribution in [-0.2, 0) is 34.7 Å². The number of amides is 2. The minimum absolute atomic E-state index is 0.0255. The zero-order chi connectivity index (χ0) is 30.4. The van der Waals surface area contributed by atoms with Crippen LogP contribution in [0.2, 0.25) is 0 Å². The first-order chi connectivity index (χ1) is 20.7. The Morgan fingerprint density at radius 2 is 1.65 bits per heavy atom. The number of Topliss-reactive ketones (excluding diaryl/α,β-unsaturated/α-hetero) is 1. The lowest BCUT2D eigenvalue weighted by molar-refractivity contribution is -0.143. The number of ketones is 1. The molecule has 11 nitrogen and oxygen atoms in total. The summed E-state index contributed by atoms with van der Waals surface area (Å²) in [6.07, 6.45) is 3.00. The number of carbonyl (C=O) groups is 3. The number of fused-ring (bicyclic) bond motifs is 2. The van der Waals surface area contributed by atoms with Crippen molar-refractivity contribution in [3.05, 3.63) is 65.2 Å². The predicted molar refractivity (Wildman–Crippen MR) is 159 cm³/mol. The quantitative estimate of drug-likeness (QED) is 0.288. The Balaban J connectivity index is 1.45. The topological polar surface area (TPSA) is 128 Å². The Morgan fingerprint density at radius 1 is 0.930 bits per heavy atom. The van der Waals surface area contributed by atoms with Crippen molar-refractivity contribution in [3.63, 3.8) is 0 Å². The number of benzene rings is 2. The maximum absolute atomic E-state index is 14.2. The molecule has 2 aromatic rings. The van der Waals surface area contributed by atoms with Gasteiger partial charge in [-0.15, -0.1) is 0 Å². The van der Waals surface area contributed by atoms with Crippen LogP contribution in [-0.4, -0.2) is 105 Å². The van der Waals surface area contributed by atoms with Gasteiger partial charge in [0.15, 0.2) is 5.54 Å². The van der Waals surface area contributed by atoms with Crippen LogP contribution >= 0.6 is 0 Å². The molecule has 0 aromatic heterocycles. The summed E-state index contributed by atoms with van der Waals surface area (Å²) >= 11 is 0. The Hall–Kier alpha value is -3.58. The highest BCUT2D eigenvalue weighted by atomic mass is 32.2. The molecule has 0 bridgehead atoms. The number of nitrogens with zero attached hydrogens (tertiary/aromatic N) is 4. The third kappa shape index (κ3) is 4.76. The summed E-state index contributed by atoms with van der Waals surface area (Å²) < 4.78 is 33.7. The third-order valence-electron chi connectivity index (χ3n) is 8.96. The fourth-order valence-corrected chi connectivity index (χ4v) is 8.31. The molecule has 4 heterocycles. The van der Waals surface area contributed by atoms with Crippen molar-refractivity contribution in [1.82, 2.24) is 14.1 Å². The second kappa shape index (κ2) is 11.5. The van der Waals surface area contributed by atoms with E-state index in [9.17, 15) is 27.9 Å². The smallest absolute Gasteiger partial charge is 0.296 e. The molecule has 0 aliphatic carbocycles. The number of aliphatic hydroxyl groups is 1. The van der Waals surface area contributed by atoms with Crippen LogP contribution in [0.15, 0.2) is 59.0 Å². The van der Waals surface area contributed by atoms with E-state index in [1.165, 1.54) is 38.4 Å². The molecule has 1 unspecified atom stereocenters. The highest BCUT2D eigenvalue weighted by molar-refractivity contribution is 7.89. The van der Waals surface area contributed by atoms with Crippen molar-refractivity contribution in [2.75, 3.05) is 64.4 Å². The van der Waals surface area contributed by atoms with Crippen molar-refractivity contribution in [2.45, 2.75) is 36.1 Å². The molecule has 2 amide bonds. The number of hydrogen-bond acceptors (Lipinski definition) is 8. The lowest BCUT2D eigenvalue weighted by Crippen LogP contribution is -2.52. The van der Waals surface area contributed by atoms with E-state index >= 15 is 0 Å². The van der Waals surface area contributed by atoms with E-state index in [0.29, 0.717) is 50.5 Å². The van der Waals surface area contributed by atoms with Crippen LogP contribution in [0.4, 0.5) is 5.69 Å². The molecule has 3 fully saturated rings. The van der Waals surface area contributed by atoms with Crippen LogP contribution < -0.4 is 4.90 Å². The molecule has 3 saturated heterocycles. The number of piperidine rings is 1. The number of para-hydroxylation sites is 1. The number of aliphatic hydroxyl groups excluding tert-OH is 1. The molecular formula is C31H36N4O7S. The summed E-state index contributed by atoms with van der Waals surface area (Å²) in [6.45, 7) is 4.32. The molecule has 1 N–H and O–H groups in total. The van der Waals surface area contributed by atoms with E-state index in [1.807, 2.05) is 0 Å². The second-order valence-electron chi connectivity index (χ2n) is 11.4. The zero-order valence-electron chi connectivity index (χ0n) is 24.2. The molecule has 1 atom stereocenters. The van der Waals surface area contributed by atoms with Crippen LogP contribution in [0, 0.1) is 0 Å². The standard InChI is InChI=1S/C31H36N4O7S/c1-32-25-12-4-3-11-24(25)31(30(32)39)26(28(37)29(38)35(31)16-8-13-33-17-19-42-20-18-33)27(36)22-9-7-10-23(21-22)43(40,41)34-14-5-2-6-15-34/h3-4,7,9-12,21,36H,2,5-6,8,13-20H2,1H3/b27-26+. The minimum Gasteiger partial charge on any atom is -0.507 e. The predicted octanol–water partition coefficient (Wildman–Crippen LogP) is 2.14. The van der Waals surface area contributed by atoms with Gasteiger partial charge in [-0.1, -0.05) is 36.8 Å². The molecule has 6 rings (SSSR count). The van der Waals surface area contributed by atoms with Gasteiger partial charge in [0, 0.05) is 63.1 Å². The number of rotatable bonds is 7. The number of likely N-dealkylation sites (N-methyl/N-ethyl adjacent to an activating group) is 1. The van der Waals surface area contributed by atoms with Gasteiger partial charge in [0.1, 0.15) is 5.76 Å².